The van der Waals surface area contributed by atoms with Gasteiger partial charge in [-0.1, -0.05) is 23.8 Å². The lowest BCUT2D eigenvalue weighted by Gasteiger charge is -2.30. The zero-order chi connectivity index (χ0) is 13.1. The maximum absolute atomic E-state index is 4.49. The van der Waals surface area contributed by atoms with Crippen molar-refractivity contribution < 1.29 is 0 Å². The van der Waals surface area contributed by atoms with Gasteiger partial charge in [0.2, 0.25) is 0 Å². The van der Waals surface area contributed by atoms with Crippen LogP contribution in [0.5, 0.6) is 0 Å². The van der Waals surface area contributed by atoms with Crippen LogP contribution < -0.4 is 10.2 Å². The van der Waals surface area contributed by atoms with Crippen LogP contribution in [-0.2, 0) is 0 Å². The molecule has 2 heterocycles. The molecule has 1 aromatic heterocycles. The molecule has 1 saturated heterocycles. The molecule has 3 rings (SSSR count). The topological polar surface area (TPSA) is 41.1 Å². The smallest absolute Gasteiger partial charge is 0.116 e. The molecule has 0 bridgehead atoms. The Bertz CT molecular complexity index is 562. The Kier molecular flexibility index (Phi) is 3.42. The van der Waals surface area contributed by atoms with Crippen molar-refractivity contribution in [2.24, 2.45) is 0 Å². The molecule has 4 nitrogen and oxygen atoms in total. The Balaban J connectivity index is 2.01. The third-order valence-electron chi connectivity index (χ3n) is 3.44. The first-order valence-corrected chi connectivity index (χ1v) is 6.67. The van der Waals surface area contributed by atoms with E-state index in [0.29, 0.717) is 0 Å². The van der Waals surface area contributed by atoms with Gasteiger partial charge >= 0.3 is 0 Å². The molecule has 0 aliphatic carbocycles. The molecule has 1 N–H and O–H groups in total. The molecule has 4 heteroatoms. The first-order chi connectivity index (χ1) is 9.34. The van der Waals surface area contributed by atoms with Crippen LogP contribution >= 0.6 is 0 Å². The van der Waals surface area contributed by atoms with Gasteiger partial charge in [0.25, 0.3) is 0 Å². The number of benzene rings is 1. The van der Waals surface area contributed by atoms with Crippen molar-refractivity contribution >= 4 is 5.69 Å². The van der Waals surface area contributed by atoms with Crippen LogP contribution in [0.3, 0.4) is 0 Å². The van der Waals surface area contributed by atoms with E-state index >= 15 is 0 Å². The second kappa shape index (κ2) is 5.36. The highest BCUT2D eigenvalue weighted by Gasteiger charge is 2.16. The summed E-state index contributed by atoms with van der Waals surface area (Å²) in [6.45, 7) is 6.15. The maximum Gasteiger partial charge on any atom is 0.116 e. The summed E-state index contributed by atoms with van der Waals surface area (Å²) in [6.07, 6.45) is 3.55. The molecule has 0 atom stereocenters. The van der Waals surface area contributed by atoms with Crippen molar-refractivity contribution in [3.63, 3.8) is 0 Å². The lowest BCUT2D eigenvalue weighted by atomic mass is 10.1. The van der Waals surface area contributed by atoms with E-state index in [-0.39, 0.29) is 0 Å². The Labute approximate surface area is 113 Å². The van der Waals surface area contributed by atoms with E-state index < -0.39 is 0 Å². The molecule has 1 aromatic carbocycles. The van der Waals surface area contributed by atoms with E-state index in [1.165, 1.54) is 5.56 Å². The van der Waals surface area contributed by atoms with E-state index in [4.69, 9.17) is 0 Å². The molecule has 0 spiro atoms. The molecule has 1 aliphatic rings. The number of rotatable bonds is 2. The fraction of sp³-hybridized carbons (Fsp3) is 0.333. The van der Waals surface area contributed by atoms with Crippen LogP contribution in [0.25, 0.3) is 11.3 Å². The first kappa shape index (κ1) is 12.1. The highest BCUT2D eigenvalue weighted by molar-refractivity contribution is 5.74. The highest BCUT2D eigenvalue weighted by atomic mass is 15.2. The van der Waals surface area contributed by atoms with E-state index in [0.717, 1.165) is 43.1 Å². The Morgan fingerprint density at radius 3 is 2.84 bits per heavy atom. The van der Waals surface area contributed by atoms with Gasteiger partial charge in [0.05, 0.1) is 17.6 Å². The third-order valence-corrected chi connectivity index (χ3v) is 3.44. The summed E-state index contributed by atoms with van der Waals surface area (Å²) in [6, 6.07) is 8.47. The largest absolute Gasteiger partial charge is 0.366 e. The third kappa shape index (κ3) is 2.58. The predicted octanol–water partition coefficient (Wildman–Crippen LogP) is 1.86. The number of hydrogen-bond donors (Lipinski definition) is 1. The van der Waals surface area contributed by atoms with Gasteiger partial charge in [0.1, 0.15) is 6.33 Å². The Morgan fingerprint density at radius 1 is 1.21 bits per heavy atom. The highest BCUT2D eigenvalue weighted by Crippen LogP contribution is 2.28. The van der Waals surface area contributed by atoms with E-state index in [9.17, 15) is 0 Å². The fourth-order valence-corrected chi connectivity index (χ4v) is 2.47. The number of nitrogens with one attached hydrogen (secondary N) is 1. The first-order valence-electron chi connectivity index (χ1n) is 6.67. The summed E-state index contributed by atoms with van der Waals surface area (Å²) in [7, 11) is 0. The number of nitrogens with zero attached hydrogens (tertiary/aromatic N) is 3. The average Bonchev–Trinajstić information content (AvgIpc) is 2.48. The molecule has 0 unspecified atom stereocenters. The van der Waals surface area contributed by atoms with Crippen molar-refractivity contribution in [3.8, 4) is 11.3 Å². The number of anilines is 1. The lowest BCUT2D eigenvalue weighted by molar-refractivity contribution is 0.588. The number of hydrogen-bond acceptors (Lipinski definition) is 4. The van der Waals surface area contributed by atoms with Gasteiger partial charge in [0.15, 0.2) is 0 Å². The summed E-state index contributed by atoms with van der Waals surface area (Å²) >= 11 is 0. The van der Waals surface area contributed by atoms with Gasteiger partial charge in [-0.05, 0) is 13.0 Å². The minimum atomic E-state index is 1.01. The van der Waals surface area contributed by atoms with Crippen LogP contribution in [0.4, 0.5) is 5.69 Å². The van der Waals surface area contributed by atoms with Gasteiger partial charge in [-0.25, -0.2) is 9.97 Å². The molecular formula is C15H18N4. The van der Waals surface area contributed by atoms with Crippen LogP contribution in [0, 0.1) is 6.92 Å². The summed E-state index contributed by atoms with van der Waals surface area (Å²) < 4.78 is 0. The second-order valence-electron chi connectivity index (χ2n) is 4.86. The SMILES string of the molecule is Cc1cccc(-c2ncncc2N2CCNCC2)c1. The normalized spacial score (nSPS) is 15.5. The molecule has 0 saturated carbocycles. The van der Waals surface area contributed by atoms with Gasteiger partial charge in [-0.15, -0.1) is 0 Å². The van der Waals surface area contributed by atoms with Crippen molar-refractivity contribution in [2.75, 3.05) is 31.1 Å². The zero-order valence-corrected chi connectivity index (χ0v) is 11.1. The lowest BCUT2D eigenvalue weighted by Crippen LogP contribution is -2.43. The quantitative estimate of drug-likeness (QED) is 0.888. The summed E-state index contributed by atoms with van der Waals surface area (Å²) in [4.78, 5) is 11.0. The fourth-order valence-electron chi connectivity index (χ4n) is 2.47. The van der Waals surface area contributed by atoms with Crippen molar-refractivity contribution in [1.82, 2.24) is 15.3 Å². The van der Waals surface area contributed by atoms with E-state index in [2.05, 4.69) is 51.4 Å². The van der Waals surface area contributed by atoms with Crippen LogP contribution in [0.15, 0.2) is 36.8 Å². The molecular weight excluding hydrogens is 236 g/mol. The molecule has 0 amide bonds. The molecule has 0 radical (unpaired) electrons. The number of aromatic nitrogens is 2. The standard InChI is InChI=1S/C15H18N4/c1-12-3-2-4-13(9-12)15-14(10-17-11-18-15)19-7-5-16-6-8-19/h2-4,9-11,16H,5-8H2,1H3. The average molecular weight is 254 g/mol. The summed E-state index contributed by atoms with van der Waals surface area (Å²) in [5.74, 6) is 0. The van der Waals surface area contributed by atoms with Gasteiger partial charge in [-0.2, -0.15) is 0 Å². The summed E-state index contributed by atoms with van der Waals surface area (Å²) in [5.41, 5.74) is 4.58. The molecule has 1 fully saturated rings. The van der Waals surface area contributed by atoms with Crippen LogP contribution in [0.1, 0.15) is 5.56 Å². The van der Waals surface area contributed by atoms with Crippen LogP contribution in [0.2, 0.25) is 0 Å². The van der Waals surface area contributed by atoms with Crippen molar-refractivity contribution in [1.29, 1.82) is 0 Å². The van der Waals surface area contributed by atoms with Gasteiger partial charge in [-0.3, -0.25) is 0 Å². The summed E-state index contributed by atoms with van der Waals surface area (Å²) in [5, 5.41) is 3.37. The molecule has 1 aliphatic heterocycles. The maximum atomic E-state index is 4.49. The Morgan fingerprint density at radius 2 is 2.05 bits per heavy atom. The van der Waals surface area contributed by atoms with E-state index in [1.54, 1.807) is 6.33 Å². The molecule has 19 heavy (non-hydrogen) atoms. The predicted molar refractivity (Wildman–Crippen MR) is 77.3 cm³/mol. The molecule has 2 aromatic rings. The van der Waals surface area contributed by atoms with Crippen LogP contribution in [-0.4, -0.2) is 36.1 Å². The van der Waals surface area contributed by atoms with E-state index in [1.807, 2.05) is 6.20 Å². The zero-order valence-electron chi connectivity index (χ0n) is 11.1. The monoisotopic (exact) mass is 254 g/mol. The van der Waals surface area contributed by atoms with Gasteiger partial charge in [0, 0.05) is 31.7 Å². The minimum absolute atomic E-state index is 1.01. The van der Waals surface area contributed by atoms with Gasteiger partial charge < -0.3 is 10.2 Å². The number of aryl methyl sites for hydroxylation is 1. The van der Waals surface area contributed by atoms with Crippen molar-refractivity contribution in [3.05, 3.63) is 42.4 Å². The van der Waals surface area contributed by atoms with Crippen molar-refractivity contribution in [2.45, 2.75) is 6.92 Å². The molecule has 98 valence electrons. The Hall–Kier alpha value is -1.94. The minimum Gasteiger partial charge on any atom is -0.366 e. The number of piperazine rings is 1. The second-order valence-corrected chi connectivity index (χ2v) is 4.86.